The van der Waals surface area contributed by atoms with Crippen LogP contribution in [0.4, 0.5) is 0 Å². The number of fused-ring (bicyclic) bond motifs is 5. The van der Waals surface area contributed by atoms with E-state index in [4.69, 9.17) is 9.97 Å². The molecule has 55 heavy (non-hydrogen) atoms. The van der Waals surface area contributed by atoms with Gasteiger partial charge in [0.15, 0.2) is 5.82 Å². The largest absolute Gasteiger partial charge is 0.228 e. The monoisotopic (exact) mass is 702 g/mol. The molecule has 8 aromatic carbocycles. The van der Waals surface area contributed by atoms with Crippen molar-refractivity contribution in [1.82, 2.24) is 9.97 Å². The molecule has 2 heteroatoms. The van der Waals surface area contributed by atoms with E-state index in [9.17, 15) is 0 Å². The molecule has 1 aromatic heterocycles. The molecule has 0 radical (unpaired) electrons. The van der Waals surface area contributed by atoms with Gasteiger partial charge in [0.25, 0.3) is 0 Å². The quantitative estimate of drug-likeness (QED) is 0.172. The van der Waals surface area contributed by atoms with Crippen LogP contribution in [-0.4, -0.2) is 9.97 Å². The van der Waals surface area contributed by atoms with Gasteiger partial charge in [-0.25, -0.2) is 9.97 Å². The van der Waals surface area contributed by atoms with Crippen molar-refractivity contribution < 1.29 is 0 Å². The molecule has 0 unspecified atom stereocenters. The van der Waals surface area contributed by atoms with E-state index in [1.165, 1.54) is 60.8 Å². The third-order valence-electron chi connectivity index (χ3n) is 11.2. The molecule has 2 nitrogen and oxygen atoms in total. The van der Waals surface area contributed by atoms with Crippen LogP contribution in [-0.2, 0) is 5.41 Å². The second-order valence-electron chi connectivity index (χ2n) is 15.0. The van der Waals surface area contributed by atoms with Crippen LogP contribution in [0.25, 0.3) is 89.2 Å². The minimum atomic E-state index is -0.282. The summed E-state index contributed by atoms with van der Waals surface area (Å²) in [5, 5.41) is 2.52. The molecule has 260 valence electrons. The first kappa shape index (κ1) is 32.7. The second kappa shape index (κ2) is 13.2. The Labute approximate surface area is 322 Å². The molecule has 0 saturated carbocycles. The molecular weight excluding hydrogens is 665 g/mol. The van der Waals surface area contributed by atoms with Crippen LogP contribution in [0.15, 0.2) is 194 Å². The van der Waals surface area contributed by atoms with Crippen molar-refractivity contribution in [3.05, 3.63) is 205 Å². The number of hydrogen-bond acceptors (Lipinski definition) is 2. The minimum Gasteiger partial charge on any atom is -0.228 e. The van der Waals surface area contributed by atoms with Gasteiger partial charge in [-0.1, -0.05) is 178 Å². The zero-order valence-electron chi connectivity index (χ0n) is 30.9. The van der Waals surface area contributed by atoms with E-state index in [1.807, 2.05) is 0 Å². The van der Waals surface area contributed by atoms with E-state index >= 15 is 0 Å². The minimum absolute atomic E-state index is 0.282. The average Bonchev–Trinajstić information content (AvgIpc) is 3.50. The SMILES string of the molecule is CC1(C)c2c(-c3ccccc3)nc(-c3cccc(-c4cccc(-c5cc(-c6ccccc6)cc(-c6ccccc6)c5)c4)c3)nc2-c2ccc3ccccc3c21. The van der Waals surface area contributed by atoms with Gasteiger partial charge >= 0.3 is 0 Å². The van der Waals surface area contributed by atoms with Gasteiger partial charge in [-0.15, -0.1) is 0 Å². The molecule has 0 bridgehead atoms. The van der Waals surface area contributed by atoms with Gasteiger partial charge in [0.05, 0.1) is 11.4 Å². The first-order valence-electron chi connectivity index (χ1n) is 19.0. The molecule has 0 aliphatic heterocycles. The predicted molar refractivity (Wildman–Crippen MR) is 230 cm³/mol. The Hall–Kier alpha value is -6.90. The van der Waals surface area contributed by atoms with E-state index in [2.05, 4.69) is 208 Å². The van der Waals surface area contributed by atoms with Crippen LogP contribution in [0, 0.1) is 0 Å². The third-order valence-corrected chi connectivity index (χ3v) is 11.2. The Morgan fingerprint density at radius 1 is 0.327 bits per heavy atom. The summed E-state index contributed by atoms with van der Waals surface area (Å²) in [6.07, 6.45) is 0. The molecular formula is C53H38N2. The first-order valence-corrected chi connectivity index (χ1v) is 19.0. The van der Waals surface area contributed by atoms with E-state index in [1.54, 1.807) is 0 Å². The molecule has 0 N–H and O–H groups in total. The van der Waals surface area contributed by atoms with Crippen molar-refractivity contribution in [2.24, 2.45) is 0 Å². The summed E-state index contributed by atoms with van der Waals surface area (Å²) in [7, 11) is 0. The van der Waals surface area contributed by atoms with Crippen molar-refractivity contribution in [3.63, 3.8) is 0 Å². The van der Waals surface area contributed by atoms with Crippen molar-refractivity contribution >= 4 is 10.8 Å². The Morgan fingerprint density at radius 2 is 0.764 bits per heavy atom. The Morgan fingerprint density at radius 3 is 1.38 bits per heavy atom. The third kappa shape index (κ3) is 5.75. The number of nitrogens with zero attached hydrogens (tertiary/aromatic N) is 2. The van der Waals surface area contributed by atoms with Gasteiger partial charge in [-0.3, -0.25) is 0 Å². The van der Waals surface area contributed by atoms with Gasteiger partial charge in [-0.2, -0.15) is 0 Å². The molecule has 1 aliphatic rings. The van der Waals surface area contributed by atoms with E-state index in [-0.39, 0.29) is 5.41 Å². The summed E-state index contributed by atoms with van der Waals surface area (Å²) in [5.41, 5.74) is 16.9. The predicted octanol–water partition coefficient (Wildman–Crippen LogP) is 13.9. The van der Waals surface area contributed by atoms with Crippen LogP contribution in [0.1, 0.15) is 25.0 Å². The fourth-order valence-electron chi connectivity index (χ4n) is 8.55. The van der Waals surface area contributed by atoms with Gasteiger partial charge in [0, 0.05) is 27.7 Å². The van der Waals surface area contributed by atoms with E-state index in [0.29, 0.717) is 0 Å². The van der Waals surface area contributed by atoms with Crippen molar-refractivity contribution in [1.29, 1.82) is 0 Å². The van der Waals surface area contributed by atoms with E-state index < -0.39 is 0 Å². The summed E-state index contributed by atoms with van der Waals surface area (Å²) >= 11 is 0. The highest BCUT2D eigenvalue weighted by Crippen LogP contribution is 2.53. The molecule has 1 heterocycles. The zero-order chi connectivity index (χ0) is 36.9. The Balaban J connectivity index is 1.10. The molecule has 0 fully saturated rings. The van der Waals surface area contributed by atoms with Crippen LogP contribution in [0.5, 0.6) is 0 Å². The number of aromatic nitrogens is 2. The Kier molecular flexibility index (Phi) is 7.85. The highest BCUT2D eigenvalue weighted by Gasteiger charge is 2.41. The Bertz CT molecular complexity index is 2820. The van der Waals surface area contributed by atoms with E-state index in [0.717, 1.165) is 39.5 Å². The molecule has 10 rings (SSSR count). The van der Waals surface area contributed by atoms with Gasteiger partial charge in [-0.05, 0) is 91.2 Å². The fraction of sp³-hybridized carbons (Fsp3) is 0.0566. The molecule has 9 aromatic rings. The fourth-order valence-corrected chi connectivity index (χ4v) is 8.55. The summed E-state index contributed by atoms with van der Waals surface area (Å²) < 4.78 is 0. The van der Waals surface area contributed by atoms with Crippen LogP contribution in [0.3, 0.4) is 0 Å². The zero-order valence-corrected chi connectivity index (χ0v) is 30.9. The topological polar surface area (TPSA) is 25.8 Å². The highest BCUT2D eigenvalue weighted by atomic mass is 14.9. The first-order chi connectivity index (χ1) is 27.0. The number of rotatable bonds is 6. The van der Waals surface area contributed by atoms with Crippen molar-refractivity contribution in [3.8, 4) is 78.4 Å². The van der Waals surface area contributed by atoms with Crippen LogP contribution in [0.2, 0.25) is 0 Å². The van der Waals surface area contributed by atoms with Crippen LogP contribution < -0.4 is 0 Å². The van der Waals surface area contributed by atoms with Gasteiger partial charge in [0.2, 0.25) is 0 Å². The standard InChI is InChI=1S/C53H38N2/c1-53(2)48-46-27-13-12-20-37(46)28-29-47(48)51-49(53)50(38-21-10-5-11-22-38)54-52(55-51)42-26-15-24-40(31-42)39-23-14-25-41(30-39)45-33-43(35-16-6-3-7-17-35)32-44(34-45)36-18-8-4-9-19-36/h3-34H,1-2H3. The summed E-state index contributed by atoms with van der Waals surface area (Å²) in [5.74, 6) is 0.732. The molecule has 0 spiro atoms. The summed E-state index contributed by atoms with van der Waals surface area (Å²) in [4.78, 5) is 10.8. The summed E-state index contributed by atoms with van der Waals surface area (Å²) in [6, 6.07) is 69.6. The number of hydrogen-bond donors (Lipinski definition) is 0. The van der Waals surface area contributed by atoms with Crippen LogP contribution >= 0.6 is 0 Å². The highest BCUT2D eigenvalue weighted by molar-refractivity contribution is 5.98. The normalized spacial score (nSPS) is 12.7. The average molecular weight is 703 g/mol. The maximum absolute atomic E-state index is 5.42. The lowest BCUT2D eigenvalue weighted by Gasteiger charge is -2.25. The lowest BCUT2D eigenvalue weighted by molar-refractivity contribution is 0.663. The second-order valence-corrected chi connectivity index (χ2v) is 15.0. The van der Waals surface area contributed by atoms with Crippen molar-refractivity contribution in [2.45, 2.75) is 19.3 Å². The maximum atomic E-state index is 5.42. The van der Waals surface area contributed by atoms with Crippen molar-refractivity contribution in [2.75, 3.05) is 0 Å². The van der Waals surface area contributed by atoms with Gasteiger partial charge < -0.3 is 0 Å². The molecule has 0 atom stereocenters. The molecule has 0 saturated heterocycles. The number of benzene rings is 8. The molecule has 0 amide bonds. The summed E-state index contributed by atoms with van der Waals surface area (Å²) in [6.45, 7) is 4.65. The molecule has 1 aliphatic carbocycles. The smallest absolute Gasteiger partial charge is 0.160 e. The van der Waals surface area contributed by atoms with Gasteiger partial charge in [0.1, 0.15) is 0 Å². The lowest BCUT2D eigenvalue weighted by atomic mass is 9.79. The lowest BCUT2D eigenvalue weighted by Crippen LogP contribution is -2.18. The maximum Gasteiger partial charge on any atom is 0.160 e.